The largest absolute Gasteiger partial charge is 0.465 e. The van der Waals surface area contributed by atoms with E-state index in [9.17, 15) is 4.79 Å². The van der Waals surface area contributed by atoms with Gasteiger partial charge in [-0.05, 0) is 18.6 Å². The van der Waals surface area contributed by atoms with Crippen LogP contribution in [0.1, 0.15) is 22.8 Å². The molecule has 0 atom stereocenters. The van der Waals surface area contributed by atoms with Crippen LogP contribution >= 0.6 is 0 Å². The normalized spacial score (nSPS) is 10.5. The smallest absolute Gasteiger partial charge is 0.340 e. The number of nitrogens with zero attached hydrogens (tertiary/aromatic N) is 1. The lowest BCUT2D eigenvalue weighted by Crippen LogP contribution is -1.99. The van der Waals surface area contributed by atoms with E-state index >= 15 is 0 Å². The average molecular weight is 229 g/mol. The maximum absolute atomic E-state index is 11.7. The summed E-state index contributed by atoms with van der Waals surface area (Å²) in [6, 6.07) is 5.91. The topological polar surface area (TPSA) is 31.2 Å². The van der Waals surface area contributed by atoms with Crippen LogP contribution in [-0.2, 0) is 11.3 Å². The number of carbonyl (C=O) groups is 1. The summed E-state index contributed by atoms with van der Waals surface area (Å²) < 4.78 is 6.82. The van der Waals surface area contributed by atoms with Gasteiger partial charge in [0.25, 0.3) is 0 Å². The highest BCUT2D eigenvalue weighted by Gasteiger charge is 2.14. The number of carbonyl (C=O) groups excluding carboxylic acids is 1. The SMILES string of the molecule is C=Cc1ccc2c(C(=O)OC)cn(CC)c2c1. The van der Waals surface area contributed by atoms with Crippen molar-refractivity contribution < 1.29 is 9.53 Å². The van der Waals surface area contributed by atoms with Crippen LogP contribution in [0.25, 0.3) is 17.0 Å². The zero-order chi connectivity index (χ0) is 12.4. The molecule has 0 aliphatic heterocycles. The first-order valence-electron chi connectivity index (χ1n) is 5.55. The highest BCUT2D eigenvalue weighted by atomic mass is 16.5. The molecule has 88 valence electrons. The van der Waals surface area contributed by atoms with Gasteiger partial charge in [-0.2, -0.15) is 0 Å². The maximum atomic E-state index is 11.7. The van der Waals surface area contributed by atoms with Gasteiger partial charge in [0.05, 0.1) is 12.7 Å². The van der Waals surface area contributed by atoms with Crippen LogP contribution in [0.2, 0.25) is 0 Å². The zero-order valence-electron chi connectivity index (χ0n) is 10.1. The second-order valence-corrected chi connectivity index (χ2v) is 3.80. The number of benzene rings is 1. The number of rotatable bonds is 3. The minimum Gasteiger partial charge on any atom is -0.465 e. The number of fused-ring (bicyclic) bond motifs is 1. The number of hydrogen-bond acceptors (Lipinski definition) is 2. The van der Waals surface area contributed by atoms with Crippen molar-refractivity contribution in [3.8, 4) is 0 Å². The van der Waals surface area contributed by atoms with Crippen molar-refractivity contribution in [1.29, 1.82) is 0 Å². The monoisotopic (exact) mass is 229 g/mol. The van der Waals surface area contributed by atoms with Crippen LogP contribution in [0.3, 0.4) is 0 Å². The second-order valence-electron chi connectivity index (χ2n) is 3.80. The number of ether oxygens (including phenoxy) is 1. The maximum Gasteiger partial charge on any atom is 0.340 e. The molecule has 0 fully saturated rings. The summed E-state index contributed by atoms with van der Waals surface area (Å²) in [7, 11) is 1.40. The summed E-state index contributed by atoms with van der Waals surface area (Å²) in [5.74, 6) is -0.298. The lowest BCUT2D eigenvalue weighted by Gasteiger charge is -2.01. The van der Waals surface area contributed by atoms with E-state index in [1.807, 2.05) is 35.9 Å². The van der Waals surface area contributed by atoms with Crippen molar-refractivity contribution >= 4 is 22.9 Å². The zero-order valence-corrected chi connectivity index (χ0v) is 10.1. The number of hydrogen-bond donors (Lipinski definition) is 0. The predicted molar refractivity (Wildman–Crippen MR) is 69.0 cm³/mol. The Kier molecular flexibility index (Phi) is 3.00. The minimum absolute atomic E-state index is 0.298. The third kappa shape index (κ3) is 1.84. The summed E-state index contributed by atoms with van der Waals surface area (Å²) in [6.45, 7) is 6.61. The fraction of sp³-hybridized carbons (Fsp3) is 0.214. The second kappa shape index (κ2) is 4.45. The molecule has 17 heavy (non-hydrogen) atoms. The van der Waals surface area contributed by atoms with E-state index in [2.05, 4.69) is 6.58 Å². The van der Waals surface area contributed by atoms with E-state index in [0.29, 0.717) is 5.56 Å². The van der Waals surface area contributed by atoms with Gasteiger partial charge in [-0.1, -0.05) is 24.8 Å². The number of aryl methyl sites for hydroxylation is 1. The molecule has 2 rings (SSSR count). The van der Waals surface area contributed by atoms with E-state index in [-0.39, 0.29) is 5.97 Å². The standard InChI is InChI=1S/C14H15NO2/c1-4-10-6-7-11-12(14(16)17-3)9-15(5-2)13(11)8-10/h4,6-9H,1,5H2,2-3H3. The molecule has 0 radical (unpaired) electrons. The third-order valence-electron chi connectivity index (χ3n) is 2.89. The van der Waals surface area contributed by atoms with Gasteiger partial charge in [0, 0.05) is 23.6 Å². The molecule has 2 aromatic rings. The highest BCUT2D eigenvalue weighted by molar-refractivity contribution is 6.04. The van der Waals surface area contributed by atoms with Gasteiger partial charge in [0.2, 0.25) is 0 Å². The van der Waals surface area contributed by atoms with Crippen molar-refractivity contribution in [2.75, 3.05) is 7.11 Å². The summed E-state index contributed by atoms with van der Waals surface area (Å²) in [4.78, 5) is 11.7. The first-order valence-corrected chi connectivity index (χ1v) is 5.55. The first-order chi connectivity index (χ1) is 8.21. The van der Waals surface area contributed by atoms with Crippen molar-refractivity contribution in [3.63, 3.8) is 0 Å². The molecule has 0 saturated heterocycles. The fourth-order valence-corrected chi connectivity index (χ4v) is 1.97. The van der Waals surface area contributed by atoms with Gasteiger partial charge in [0.1, 0.15) is 0 Å². The van der Waals surface area contributed by atoms with Crippen LogP contribution in [0.4, 0.5) is 0 Å². The number of methoxy groups -OCH3 is 1. The molecule has 0 amide bonds. The Hall–Kier alpha value is -2.03. The molecule has 3 heteroatoms. The molecule has 0 saturated carbocycles. The van der Waals surface area contributed by atoms with Crippen LogP contribution in [0.5, 0.6) is 0 Å². The van der Waals surface area contributed by atoms with E-state index in [4.69, 9.17) is 4.74 Å². The Morgan fingerprint density at radius 2 is 2.29 bits per heavy atom. The molecule has 0 unspecified atom stereocenters. The van der Waals surface area contributed by atoms with Crippen LogP contribution in [0, 0.1) is 0 Å². The minimum atomic E-state index is -0.298. The van der Waals surface area contributed by atoms with Gasteiger partial charge >= 0.3 is 5.97 Å². The van der Waals surface area contributed by atoms with Gasteiger partial charge in [-0.15, -0.1) is 0 Å². The lowest BCUT2D eigenvalue weighted by molar-refractivity contribution is 0.0603. The summed E-state index contributed by atoms with van der Waals surface area (Å²) >= 11 is 0. The van der Waals surface area contributed by atoms with E-state index < -0.39 is 0 Å². The molecule has 0 spiro atoms. The van der Waals surface area contributed by atoms with Gasteiger partial charge in [-0.25, -0.2) is 4.79 Å². The number of esters is 1. The highest BCUT2D eigenvalue weighted by Crippen LogP contribution is 2.24. The fourth-order valence-electron chi connectivity index (χ4n) is 1.97. The van der Waals surface area contributed by atoms with E-state index in [0.717, 1.165) is 23.0 Å². The average Bonchev–Trinajstić information content (AvgIpc) is 2.75. The molecule has 1 aromatic carbocycles. The van der Waals surface area contributed by atoms with Crippen LogP contribution in [-0.4, -0.2) is 17.6 Å². The van der Waals surface area contributed by atoms with Gasteiger partial charge in [-0.3, -0.25) is 0 Å². The van der Waals surface area contributed by atoms with Crippen molar-refractivity contribution in [2.45, 2.75) is 13.5 Å². The molecular formula is C14H15NO2. The predicted octanol–water partition coefficient (Wildman–Crippen LogP) is 3.09. The molecule has 0 aliphatic rings. The third-order valence-corrected chi connectivity index (χ3v) is 2.89. The first kappa shape index (κ1) is 11.5. The quantitative estimate of drug-likeness (QED) is 0.757. The number of aromatic nitrogens is 1. The summed E-state index contributed by atoms with van der Waals surface area (Å²) in [6.07, 6.45) is 3.63. The van der Waals surface area contributed by atoms with Gasteiger partial charge < -0.3 is 9.30 Å². The Bertz CT molecular complexity index is 581. The molecule has 1 heterocycles. The molecule has 3 nitrogen and oxygen atoms in total. The molecule has 0 bridgehead atoms. The van der Waals surface area contributed by atoms with Crippen molar-refractivity contribution in [2.24, 2.45) is 0 Å². The van der Waals surface area contributed by atoms with Crippen molar-refractivity contribution in [3.05, 3.63) is 42.1 Å². The molecule has 1 aromatic heterocycles. The molecule has 0 N–H and O–H groups in total. The van der Waals surface area contributed by atoms with Crippen molar-refractivity contribution in [1.82, 2.24) is 4.57 Å². The van der Waals surface area contributed by atoms with E-state index in [1.165, 1.54) is 7.11 Å². The Morgan fingerprint density at radius 3 is 2.88 bits per heavy atom. The van der Waals surface area contributed by atoms with Crippen LogP contribution < -0.4 is 0 Å². The summed E-state index contributed by atoms with van der Waals surface area (Å²) in [5.41, 5.74) is 2.69. The Balaban J connectivity index is 2.72. The molecular weight excluding hydrogens is 214 g/mol. The lowest BCUT2D eigenvalue weighted by atomic mass is 10.1. The molecule has 0 aliphatic carbocycles. The van der Waals surface area contributed by atoms with E-state index in [1.54, 1.807) is 6.08 Å². The Labute approximate surface area is 100 Å². The van der Waals surface area contributed by atoms with Gasteiger partial charge in [0.15, 0.2) is 0 Å². The Morgan fingerprint density at radius 1 is 1.53 bits per heavy atom. The summed E-state index contributed by atoms with van der Waals surface area (Å²) in [5, 5.41) is 0.921. The van der Waals surface area contributed by atoms with Crippen LogP contribution in [0.15, 0.2) is 31.0 Å².